The fraction of sp³-hybridized carbons (Fsp3) is 0.440. The molecule has 1 N–H and O–H groups in total. The molecule has 0 aromatic heterocycles. The molecule has 0 heterocycles. The largest absolute Gasteiger partial charge is 0.495 e. The van der Waals surface area contributed by atoms with E-state index in [1.54, 1.807) is 25.1 Å². The Morgan fingerprint density at radius 2 is 1.74 bits per heavy atom. The molecule has 2 amide bonds. The van der Waals surface area contributed by atoms with E-state index in [9.17, 15) is 18.0 Å². The Morgan fingerprint density at radius 1 is 1.11 bits per heavy atom. The molecule has 0 fully saturated rings. The van der Waals surface area contributed by atoms with Crippen LogP contribution in [-0.4, -0.2) is 57.1 Å². The van der Waals surface area contributed by atoms with Gasteiger partial charge in [-0.2, -0.15) is 0 Å². The predicted octanol–water partition coefficient (Wildman–Crippen LogP) is 3.86. The number of nitrogens with zero attached hydrogens (tertiary/aromatic N) is 2. The van der Waals surface area contributed by atoms with Gasteiger partial charge >= 0.3 is 0 Å². The van der Waals surface area contributed by atoms with Crippen molar-refractivity contribution in [1.29, 1.82) is 0 Å². The first kappa shape index (κ1) is 28.6. The number of anilines is 1. The number of hydrogen-bond acceptors (Lipinski definition) is 5. The Bertz CT molecular complexity index is 1140. The molecule has 2 rings (SSSR count). The number of rotatable bonds is 11. The number of halogens is 1. The van der Waals surface area contributed by atoms with Crippen molar-refractivity contribution in [3.63, 3.8) is 0 Å². The van der Waals surface area contributed by atoms with Gasteiger partial charge in [0.25, 0.3) is 0 Å². The van der Waals surface area contributed by atoms with Gasteiger partial charge in [0.05, 0.1) is 19.1 Å². The number of sulfonamides is 1. The summed E-state index contributed by atoms with van der Waals surface area (Å²) in [5, 5.41) is 2.91. The molecule has 8 nitrogen and oxygen atoms in total. The minimum Gasteiger partial charge on any atom is -0.495 e. The van der Waals surface area contributed by atoms with Gasteiger partial charge < -0.3 is 15.0 Å². The van der Waals surface area contributed by atoms with Crippen LogP contribution >= 0.6 is 15.9 Å². The number of methoxy groups -OCH3 is 1. The highest BCUT2D eigenvalue weighted by Crippen LogP contribution is 2.31. The summed E-state index contributed by atoms with van der Waals surface area (Å²) in [5.74, 6) is -0.478. The van der Waals surface area contributed by atoms with Crippen LogP contribution in [0.1, 0.15) is 38.3 Å². The molecular weight excluding hydrogens is 534 g/mol. The monoisotopic (exact) mass is 567 g/mol. The minimum absolute atomic E-state index is 0.0568. The maximum atomic E-state index is 13.6. The van der Waals surface area contributed by atoms with Crippen molar-refractivity contribution < 1.29 is 22.7 Å². The van der Waals surface area contributed by atoms with Crippen molar-refractivity contribution in [2.24, 2.45) is 0 Å². The zero-order valence-corrected chi connectivity index (χ0v) is 23.4. The number of carbonyl (C=O) groups excluding carboxylic acids is 2. The third kappa shape index (κ3) is 7.96. The van der Waals surface area contributed by atoms with E-state index >= 15 is 0 Å². The number of benzene rings is 2. The summed E-state index contributed by atoms with van der Waals surface area (Å²) < 4.78 is 32.8. The van der Waals surface area contributed by atoms with Gasteiger partial charge in [-0.15, -0.1) is 0 Å². The lowest BCUT2D eigenvalue weighted by Crippen LogP contribution is -2.52. The van der Waals surface area contributed by atoms with E-state index < -0.39 is 28.5 Å². The first-order valence-corrected chi connectivity index (χ1v) is 14.0. The lowest BCUT2D eigenvalue weighted by atomic mass is 10.1. The fourth-order valence-electron chi connectivity index (χ4n) is 3.42. The van der Waals surface area contributed by atoms with Gasteiger partial charge in [0.15, 0.2) is 0 Å². The molecule has 0 aliphatic carbocycles. The normalized spacial score (nSPS) is 13.0. The Morgan fingerprint density at radius 3 is 2.29 bits per heavy atom. The summed E-state index contributed by atoms with van der Waals surface area (Å²) >= 11 is 3.40. The van der Waals surface area contributed by atoms with Crippen LogP contribution in [0.15, 0.2) is 46.9 Å². The van der Waals surface area contributed by atoms with Crippen molar-refractivity contribution in [2.45, 2.75) is 52.7 Å². The van der Waals surface area contributed by atoms with Crippen LogP contribution in [0.3, 0.4) is 0 Å². The highest BCUT2D eigenvalue weighted by atomic mass is 79.9. The third-order valence-electron chi connectivity index (χ3n) is 5.72. The Hall–Kier alpha value is -2.59. The number of ether oxygens (including phenoxy) is 1. The molecule has 0 radical (unpaired) electrons. The molecule has 35 heavy (non-hydrogen) atoms. The summed E-state index contributed by atoms with van der Waals surface area (Å²) in [5.41, 5.74) is 1.89. The van der Waals surface area contributed by atoms with Gasteiger partial charge in [-0.1, -0.05) is 41.1 Å². The molecule has 2 aromatic rings. The van der Waals surface area contributed by atoms with E-state index in [0.717, 1.165) is 32.6 Å². The van der Waals surface area contributed by atoms with E-state index in [1.165, 1.54) is 12.0 Å². The molecule has 2 atom stereocenters. The topological polar surface area (TPSA) is 96.0 Å². The summed E-state index contributed by atoms with van der Waals surface area (Å²) in [7, 11) is -2.40. The zero-order valence-electron chi connectivity index (χ0n) is 21.0. The molecule has 0 unspecified atom stereocenters. The zero-order chi connectivity index (χ0) is 26.3. The van der Waals surface area contributed by atoms with Crippen molar-refractivity contribution in [3.8, 4) is 5.75 Å². The van der Waals surface area contributed by atoms with Crippen LogP contribution in [0, 0.1) is 6.92 Å². The SMILES string of the molecule is CC[C@H](C)NC(=O)[C@H](C)N(Cc1ccc(Br)cc1)C(=O)CN(c1cc(C)ccc1OC)S(C)(=O)=O. The minimum atomic E-state index is -3.84. The lowest BCUT2D eigenvalue weighted by Gasteiger charge is -2.32. The second-order valence-corrected chi connectivity index (χ2v) is 11.4. The van der Waals surface area contributed by atoms with Crippen LogP contribution in [0.2, 0.25) is 0 Å². The van der Waals surface area contributed by atoms with Gasteiger partial charge in [-0.25, -0.2) is 8.42 Å². The Labute approximate surface area is 216 Å². The third-order valence-corrected chi connectivity index (χ3v) is 7.37. The molecule has 10 heteroatoms. The fourth-order valence-corrected chi connectivity index (χ4v) is 4.53. The molecule has 0 bridgehead atoms. The van der Waals surface area contributed by atoms with Gasteiger partial charge in [0.1, 0.15) is 18.3 Å². The number of aryl methyl sites for hydroxylation is 1. The number of nitrogens with one attached hydrogen (secondary N) is 1. The first-order chi connectivity index (χ1) is 16.4. The van der Waals surface area contributed by atoms with E-state index in [4.69, 9.17) is 4.74 Å². The van der Waals surface area contributed by atoms with Gasteiger partial charge in [-0.05, 0) is 62.6 Å². The average Bonchev–Trinajstić information content (AvgIpc) is 2.80. The van der Waals surface area contributed by atoms with Gasteiger partial charge in [-0.3, -0.25) is 13.9 Å². The van der Waals surface area contributed by atoms with E-state index in [0.29, 0.717) is 5.75 Å². The highest BCUT2D eigenvalue weighted by Gasteiger charge is 2.31. The maximum absolute atomic E-state index is 13.6. The standard InChI is InChI=1S/C25H34BrN3O5S/c1-7-18(3)27-25(31)19(4)28(15-20-9-11-21(26)12-10-20)24(30)16-29(35(6,32)33)22-14-17(2)8-13-23(22)34-5/h8-14,18-19H,7,15-16H2,1-6H3,(H,27,31)/t18-,19-/m0/s1. The van der Waals surface area contributed by atoms with Crippen LogP contribution in [-0.2, 0) is 26.2 Å². The Kier molecular flexibility index (Phi) is 10.1. The maximum Gasteiger partial charge on any atom is 0.244 e. The van der Waals surface area contributed by atoms with Crippen molar-refractivity contribution in [1.82, 2.24) is 10.2 Å². The van der Waals surface area contributed by atoms with Crippen LogP contribution in [0.4, 0.5) is 5.69 Å². The lowest BCUT2D eigenvalue weighted by molar-refractivity contribution is -0.139. The molecule has 0 saturated heterocycles. The van der Waals surface area contributed by atoms with Crippen LogP contribution in [0.5, 0.6) is 5.75 Å². The molecule has 0 spiro atoms. The first-order valence-electron chi connectivity index (χ1n) is 11.3. The number of amides is 2. The molecule has 0 aliphatic heterocycles. The van der Waals surface area contributed by atoms with E-state index in [1.807, 2.05) is 45.0 Å². The summed E-state index contributed by atoms with van der Waals surface area (Å²) in [4.78, 5) is 28.0. The predicted molar refractivity (Wildman–Crippen MR) is 142 cm³/mol. The molecule has 0 saturated carbocycles. The highest BCUT2D eigenvalue weighted by molar-refractivity contribution is 9.10. The number of carbonyl (C=O) groups is 2. The van der Waals surface area contributed by atoms with Crippen molar-refractivity contribution >= 4 is 43.5 Å². The smallest absolute Gasteiger partial charge is 0.244 e. The van der Waals surface area contributed by atoms with Gasteiger partial charge in [0.2, 0.25) is 21.8 Å². The summed E-state index contributed by atoms with van der Waals surface area (Å²) in [6, 6.07) is 11.6. The second kappa shape index (κ2) is 12.4. The molecular formula is C25H34BrN3O5S. The number of hydrogen-bond donors (Lipinski definition) is 1. The van der Waals surface area contributed by atoms with Crippen LogP contribution < -0.4 is 14.4 Å². The van der Waals surface area contributed by atoms with Gasteiger partial charge in [0, 0.05) is 17.1 Å². The molecule has 0 aliphatic rings. The average molecular weight is 569 g/mol. The molecule has 192 valence electrons. The van der Waals surface area contributed by atoms with Crippen molar-refractivity contribution in [3.05, 3.63) is 58.1 Å². The Balaban J connectivity index is 2.45. The van der Waals surface area contributed by atoms with Crippen molar-refractivity contribution in [2.75, 3.05) is 24.2 Å². The quantitative estimate of drug-likeness (QED) is 0.444. The summed E-state index contributed by atoms with van der Waals surface area (Å²) in [6.07, 6.45) is 1.79. The van der Waals surface area contributed by atoms with Crippen LogP contribution in [0.25, 0.3) is 0 Å². The van der Waals surface area contributed by atoms with E-state index in [-0.39, 0.29) is 24.2 Å². The second-order valence-electron chi connectivity index (χ2n) is 8.59. The van der Waals surface area contributed by atoms with E-state index in [2.05, 4.69) is 21.2 Å². The molecule has 2 aromatic carbocycles. The summed E-state index contributed by atoms with van der Waals surface area (Å²) in [6.45, 7) is 6.99.